The highest BCUT2D eigenvalue weighted by Gasteiger charge is 2.28. The van der Waals surface area contributed by atoms with Crippen molar-refractivity contribution in [3.8, 4) is 0 Å². The molecule has 0 N–H and O–H groups in total. The summed E-state index contributed by atoms with van der Waals surface area (Å²) in [7, 11) is 0. The van der Waals surface area contributed by atoms with Crippen LogP contribution in [-0.4, -0.2) is 36.2 Å². The average molecular weight is 335 g/mol. The zero-order valence-electron chi connectivity index (χ0n) is 15.2. The molecule has 0 spiro atoms. The number of likely N-dealkylation sites (tertiary alicyclic amines) is 1. The first kappa shape index (κ1) is 20.0. The van der Waals surface area contributed by atoms with Crippen molar-refractivity contribution in [3.63, 3.8) is 0 Å². The van der Waals surface area contributed by atoms with Gasteiger partial charge in [0, 0.05) is 13.1 Å². The predicted molar refractivity (Wildman–Crippen MR) is 93.5 cm³/mol. The van der Waals surface area contributed by atoms with Crippen LogP contribution in [0.4, 0.5) is 4.79 Å². The maximum atomic E-state index is 11.6. The fourth-order valence-electron chi connectivity index (χ4n) is 2.36. The second-order valence-electron chi connectivity index (χ2n) is 6.88. The van der Waals surface area contributed by atoms with Gasteiger partial charge in [-0.3, -0.25) is 4.79 Å². The van der Waals surface area contributed by atoms with Crippen LogP contribution in [0.3, 0.4) is 0 Å². The number of hydrogen-bond donors (Lipinski definition) is 0. The molecule has 5 nitrogen and oxygen atoms in total. The summed E-state index contributed by atoms with van der Waals surface area (Å²) in [5, 5.41) is 0. The van der Waals surface area contributed by atoms with E-state index in [1.807, 2.05) is 56.0 Å². The lowest BCUT2D eigenvalue weighted by molar-refractivity contribution is -0.129. The van der Waals surface area contributed by atoms with E-state index in [1.165, 1.54) is 0 Å². The SMILES string of the molecule is CCC1CCN(C(=O)OC(C)(C)C)C1.O=COCc1ccccc1. The average Bonchev–Trinajstić information content (AvgIpc) is 3.02. The molecule has 0 bridgehead atoms. The third kappa shape index (κ3) is 7.99. The molecule has 2 rings (SSSR count). The minimum absolute atomic E-state index is 0.159. The van der Waals surface area contributed by atoms with Crippen molar-refractivity contribution < 1.29 is 19.1 Å². The number of hydrogen-bond acceptors (Lipinski definition) is 4. The van der Waals surface area contributed by atoms with Crippen LogP contribution in [0.5, 0.6) is 0 Å². The lowest BCUT2D eigenvalue weighted by Crippen LogP contribution is -2.35. The largest absolute Gasteiger partial charge is 0.463 e. The minimum Gasteiger partial charge on any atom is -0.463 e. The molecule has 1 amide bonds. The molecule has 1 unspecified atom stereocenters. The Morgan fingerprint density at radius 2 is 1.96 bits per heavy atom. The molecule has 1 saturated heterocycles. The number of amides is 1. The summed E-state index contributed by atoms with van der Waals surface area (Å²) >= 11 is 0. The molecule has 5 heteroatoms. The summed E-state index contributed by atoms with van der Waals surface area (Å²) < 4.78 is 9.84. The number of nitrogens with zero attached hydrogens (tertiary/aromatic N) is 1. The number of carbonyl (C=O) groups is 2. The molecule has 1 aliphatic heterocycles. The zero-order chi connectivity index (χ0) is 18.0. The van der Waals surface area contributed by atoms with Gasteiger partial charge in [0.2, 0.25) is 0 Å². The van der Waals surface area contributed by atoms with Gasteiger partial charge in [-0.1, -0.05) is 43.7 Å². The summed E-state index contributed by atoms with van der Waals surface area (Å²) in [5.74, 6) is 0.669. The van der Waals surface area contributed by atoms with E-state index >= 15 is 0 Å². The van der Waals surface area contributed by atoms with E-state index in [2.05, 4.69) is 11.7 Å². The molecule has 0 aromatic heterocycles. The van der Waals surface area contributed by atoms with Crippen LogP contribution in [0.2, 0.25) is 0 Å². The van der Waals surface area contributed by atoms with E-state index in [0.29, 0.717) is 19.0 Å². The van der Waals surface area contributed by atoms with Crippen LogP contribution in [0.25, 0.3) is 0 Å². The van der Waals surface area contributed by atoms with Crippen molar-refractivity contribution in [1.82, 2.24) is 4.90 Å². The maximum absolute atomic E-state index is 11.6. The maximum Gasteiger partial charge on any atom is 0.410 e. The van der Waals surface area contributed by atoms with E-state index in [0.717, 1.165) is 31.5 Å². The summed E-state index contributed by atoms with van der Waals surface area (Å²) in [6, 6.07) is 9.55. The lowest BCUT2D eigenvalue weighted by atomic mass is 10.1. The fourth-order valence-corrected chi connectivity index (χ4v) is 2.36. The number of ether oxygens (including phenoxy) is 2. The van der Waals surface area contributed by atoms with Gasteiger partial charge < -0.3 is 14.4 Å². The Bertz CT molecular complexity index is 496. The summed E-state index contributed by atoms with van der Waals surface area (Å²) in [5.41, 5.74) is 0.635. The van der Waals surface area contributed by atoms with Gasteiger partial charge in [-0.2, -0.15) is 0 Å². The fraction of sp³-hybridized carbons (Fsp3) is 0.579. The minimum atomic E-state index is -0.374. The van der Waals surface area contributed by atoms with Gasteiger partial charge in [-0.25, -0.2) is 4.79 Å². The first-order valence-corrected chi connectivity index (χ1v) is 8.42. The molecule has 1 heterocycles. The molecular formula is C19H29NO4. The molecule has 1 aromatic rings. The van der Waals surface area contributed by atoms with Gasteiger partial charge in [-0.15, -0.1) is 0 Å². The number of benzene rings is 1. The molecule has 134 valence electrons. The van der Waals surface area contributed by atoms with Crippen molar-refractivity contribution in [3.05, 3.63) is 35.9 Å². The van der Waals surface area contributed by atoms with E-state index in [-0.39, 0.29) is 11.7 Å². The Morgan fingerprint density at radius 3 is 2.46 bits per heavy atom. The first-order valence-electron chi connectivity index (χ1n) is 8.42. The lowest BCUT2D eigenvalue weighted by Gasteiger charge is -2.24. The van der Waals surface area contributed by atoms with Crippen molar-refractivity contribution in [1.29, 1.82) is 0 Å². The van der Waals surface area contributed by atoms with Crippen molar-refractivity contribution >= 4 is 12.6 Å². The quantitative estimate of drug-likeness (QED) is 0.780. The Morgan fingerprint density at radius 1 is 1.29 bits per heavy atom. The van der Waals surface area contributed by atoms with Gasteiger partial charge in [-0.05, 0) is 38.7 Å². The Labute approximate surface area is 144 Å². The van der Waals surface area contributed by atoms with Crippen molar-refractivity contribution in [2.75, 3.05) is 13.1 Å². The standard InChI is InChI=1S/C11H21NO2.C8H8O2/c1-5-9-6-7-12(8-9)10(13)14-11(2,3)4;9-7-10-6-8-4-2-1-3-5-8/h9H,5-8H2,1-4H3;1-5,7H,6H2. The van der Waals surface area contributed by atoms with Gasteiger partial charge >= 0.3 is 6.09 Å². The van der Waals surface area contributed by atoms with E-state index < -0.39 is 0 Å². The second-order valence-corrected chi connectivity index (χ2v) is 6.88. The van der Waals surface area contributed by atoms with Crippen molar-refractivity contribution in [2.45, 2.75) is 52.7 Å². The molecule has 1 aromatic carbocycles. The highest BCUT2D eigenvalue weighted by atomic mass is 16.6. The molecular weight excluding hydrogens is 306 g/mol. The Balaban J connectivity index is 0.000000254. The van der Waals surface area contributed by atoms with Crippen LogP contribution < -0.4 is 0 Å². The third-order valence-corrected chi connectivity index (χ3v) is 3.68. The van der Waals surface area contributed by atoms with Gasteiger partial charge in [0.25, 0.3) is 6.47 Å². The van der Waals surface area contributed by atoms with Gasteiger partial charge in [0.1, 0.15) is 12.2 Å². The first-order chi connectivity index (χ1) is 11.4. The van der Waals surface area contributed by atoms with Crippen molar-refractivity contribution in [2.24, 2.45) is 5.92 Å². The summed E-state index contributed by atoms with van der Waals surface area (Å²) in [6.45, 7) is 10.4. The molecule has 0 radical (unpaired) electrons. The highest BCUT2D eigenvalue weighted by Crippen LogP contribution is 2.21. The van der Waals surface area contributed by atoms with Crippen LogP contribution in [0.1, 0.15) is 46.1 Å². The Kier molecular flexibility index (Phi) is 8.30. The van der Waals surface area contributed by atoms with Crippen LogP contribution in [0, 0.1) is 5.92 Å². The molecule has 1 fully saturated rings. The summed E-state index contributed by atoms with van der Waals surface area (Å²) in [6.07, 6.45) is 2.11. The molecule has 24 heavy (non-hydrogen) atoms. The van der Waals surface area contributed by atoms with Gasteiger partial charge in [0.05, 0.1) is 0 Å². The van der Waals surface area contributed by atoms with E-state index in [1.54, 1.807) is 0 Å². The van der Waals surface area contributed by atoms with Crippen LogP contribution in [-0.2, 0) is 20.9 Å². The number of carbonyl (C=O) groups excluding carboxylic acids is 2. The second kappa shape index (κ2) is 9.96. The smallest absolute Gasteiger partial charge is 0.410 e. The van der Waals surface area contributed by atoms with E-state index in [4.69, 9.17) is 4.74 Å². The zero-order valence-corrected chi connectivity index (χ0v) is 15.2. The van der Waals surface area contributed by atoms with Gasteiger partial charge in [0.15, 0.2) is 0 Å². The molecule has 0 saturated carbocycles. The van der Waals surface area contributed by atoms with Crippen LogP contribution >= 0.6 is 0 Å². The van der Waals surface area contributed by atoms with E-state index in [9.17, 15) is 9.59 Å². The molecule has 1 aliphatic rings. The predicted octanol–water partition coefficient (Wildman–Crippen LogP) is 4.01. The molecule has 0 aliphatic carbocycles. The topological polar surface area (TPSA) is 55.8 Å². The monoisotopic (exact) mass is 335 g/mol. The summed E-state index contributed by atoms with van der Waals surface area (Å²) in [4.78, 5) is 23.2. The Hall–Kier alpha value is -2.04. The normalized spacial score (nSPS) is 16.8. The highest BCUT2D eigenvalue weighted by molar-refractivity contribution is 5.68. The number of rotatable bonds is 4. The van der Waals surface area contributed by atoms with Crippen LogP contribution in [0.15, 0.2) is 30.3 Å². The molecule has 1 atom stereocenters. The third-order valence-electron chi connectivity index (χ3n) is 3.68.